The van der Waals surface area contributed by atoms with Crippen molar-refractivity contribution in [2.75, 3.05) is 13.1 Å². The lowest BCUT2D eigenvalue weighted by Crippen LogP contribution is -2.43. The molecule has 0 saturated carbocycles. The molecule has 0 aromatic heterocycles. The van der Waals surface area contributed by atoms with Crippen LogP contribution in [0.2, 0.25) is 0 Å². The SMILES string of the molecule is NC(=O)CC1CCN(C(=O)[C@@H](N)c2ccccc2)CC1. The van der Waals surface area contributed by atoms with E-state index >= 15 is 0 Å². The van der Waals surface area contributed by atoms with Gasteiger partial charge in [-0.3, -0.25) is 9.59 Å². The highest BCUT2D eigenvalue weighted by molar-refractivity contribution is 5.83. The molecule has 4 N–H and O–H groups in total. The monoisotopic (exact) mass is 275 g/mol. The lowest BCUT2D eigenvalue weighted by atomic mass is 9.92. The summed E-state index contributed by atoms with van der Waals surface area (Å²) in [7, 11) is 0. The highest BCUT2D eigenvalue weighted by atomic mass is 16.2. The molecule has 1 aliphatic rings. The van der Waals surface area contributed by atoms with Crippen LogP contribution in [-0.4, -0.2) is 29.8 Å². The van der Waals surface area contributed by atoms with E-state index in [0.717, 1.165) is 18.4 Å². The third-order valence-corrected chi connectivity index (χ3v) is 3.84. The molecule has 5 nitrogen and oxygen atoms in total. The van der Waals surface area contributed by atoms with E-state index in [1.54, 1.807) is 4.90 Å². The summed E-state index contributed by atoms with van der Waals surface area (Å²) < 4.78 is 0. The summed E-state index contributed by atoms with van der Waals surface area (Å²) in [5.41, 5.74) is 12.1. The Morgan fingerprint density at radius 1 is 1.20 bits per heavy atom. The quantitative estimate of drug-likeness (QED) is 0.851. The van der Waals surface area contributed by atoms with Crippen LogP contribution in [0, 0.1) is 5.92 Å². The summed E-state index contributed by atoms with van der Waals surface area (Å²) in [6.07, 6.45) is 2.04. The fourth-order valence-corrected chi connectivity index (χ4v) is 2.64. The van der Waals surface area contributed by atoms with Crippen LogP contribution in [-0.2, 0) is 9.59 Å². The number of rotatable bonds is 4. The summed E-state index contributed by atoms with van der Waals surface area (Å²) in [5, 5.41) is 0. The fourth-order valence-electron chi connectivity index (χ4n) is 2.64. The molecule has 1 aliphatic heterocycles. The van der Waals surface area contributed by atoms with Crippen molar-refractivity contribution in [2.45, 2.75) is 25.3 Å². The van der Waals surface area contributed by atoms with Crippen molar-refractivity contribution in [1.29, 1.82) is 0 Å². The van der Waals surface area contributed by atoms with E-state index in [4.69, 9.17) is 11.5 Å². The van der Waals surface area contributed by atoms with E-state index in [-0.39, 0.29) is 11.8 Å². The average Bonchev–Trinajstić information content (AvgIpc) is 2.47. The van der Waals surface area contributed by atoms with Crippen molar-refractivity contribution in [3.8, 4) is 0 Å². The minimum Gasteiger partial charge on any atom is -0.370 e. The Morgan fingerprint density at radius 3 is 2.35 bits per heavy atom. The first-order valence-electron chi connectivity index (χ1n) is 6.95. The van der Waals surface area contributed by atoms with Crippen LogP contribution < -0.4 is 11.5 Å². The molecule has 108 valence electrons. The van der Waals surface area contributed by atoms with Gasteiger partial charge >= 0.3 is 0 Å². The van der Waals surface area contributed by atoms with Gasteiger partial charge in [-0.25, -0.2) is 0 Å². The number of nitrogens with two attached hydrogens (primary N) is 2. The molecule has 1 saturated heterocycles. The zero-order valence-corrected chi connectivity index (χ0v) is 11.5. The molecular weight excluding hydrogens is 254 g/mol. The third kappa shape index (κ3) is 3.57. The van der Waals surface area contributed by atoms with Crippen molar-refractivity contribution in [3.05, 3.63) is 35.9 Å². The van der Waals surface area contributed by atoms with E-state index in [1.807, 2.05) is 30.3 Å². The van der Waals surface area contributed by atoms with Crippen molar-refractivity contribution in [3.63, 3.8) is 0 Å². The lowest BCUT2D eigenvalue weighted by Gasteiger charge is -2.33. The van der Waals surface area contributed by atoms with Crippen molar-refractivity contribution in [2.24, 2.45) is 17.4 Å². The predicted octanol–water partition coefficient (Wildman–Crippen LogP) is 0.800. The first kappa shape index (κ1) is 14.5. The van der Waals surface area contributed by atoms with Crippen molar-refractivity contribution >= 4 is 11.8 Å². The molecular formula is C15H21N3O2. The Balaban J connectivity index is 1.90. The molecule has 0 unspecified atom stereocenters. The van der Waals surface area contributed by atoms with E-state index in [2.05, 4.69) is 0 Å². The topological polar surface area (TPSA) is 89.4 Å². The summed E-state index contributed by atoms with van der Waals surface area (Å²) in [4.78, 5) is 25.0. The molecule has 1 atom stereocenters. The molecule has 5 heteroatoms. The number of hydrogen-bond acceptors (Lipinski definition) is 3. The van der Waals surface area contributed by atoms with E-state index in [9.17, 15) is 9.59 Å². The van der Waals surface area contributed by atoms with Gasteiger partial charge in [-0.15, -0.1) is 0 Å². The minimum absolute atomic E-state index is 0.0475. The first-order chi connectivity index (χ1) is 9.58. The number of amides is 2. The summed E-state index contributed by atoms with van der Waals surface area (Å²) in [5.74, 6) is -0.0195. The number of likely N-dealkylation sites (tertiary alicyclic amines) is 1. The van der Waals surface area contributed by atoms with Gasteiger partial charge in [-0.1, -0.05) is 30.3 Å². The zero-order chi connectivity index (χ0) is 14.5. The lowest BCUT2D eigenvalue weighted by molar-refractivity contribution is -0.134. The second-order valence-electron chi connectivity index (χ2n) is 5.33. The second-order valence-corrected chi connectivity index (χ2v) is 5.33. The van der Waals surface area contributed by atoms with E-state index < -0.39 is 6.04 Å². The first-order valence-corrected chi connectivity index (χ1v) is 6.95. The average molecular weight is 275 g/mol. The normalized spacial score (nSPS) is 17.8. The van der Waals surface area contributed by atoms with Gasteiger partial charge in [0.05, 0.1) is 0 Å². The van der Waals surface area contributed by atoms with Crippen LogP contribution >= 0.6 is 0 Å². The number of primary amides is 1. The third-order valence-electron chi connectivity index (χ3n) is 3.84. The standard InChI is InChI=1S/C15H21N3O2/c16-13(19)10-11-6-8-18(9-7-11)15(20)14(17)12-4-2-1-3-5-12/h1-5,11,14H,6-10,17H2,(H2,16,19)/t14-/m0/s1. The maximum absolute atomic E-state index is 12.3. The van der Waals surface area contributed by atoms with Gasteiger partial charge in [0.2, 0.25) is 11.8 Å². The van der Waals surface area contributed by atoms with Gasteiger partial charge in [0.1, 0.15) is 6.04 Å². The van der Waals surface area contributed by atoms with Crippen LogP contribution in [0.5, 0.6) is 0 Å². The minimum atomic E-state index is -0.608. The zero-order valence-electron chi connectivity index (χ0n) is 11.5. The van der Waals surface area contributed by atoms with Gasteiger partial charge in [-0.2, -0.15) is 0 Å². The van der Waals surface area contributed by atoms with Crippen LogP contribution in [0.1, 0.15) is 30.9 Å². The van der Waals surface area contributed by atoms with Gasteiger partial charge in [0.15, 0.2) is 0 Å². The van der Waals surface area contributed by atoms with Crippen LogP contribution in [0.15, 0.2) is 30.3 Å². The van der Waals surface area contributed by atoms with Crippen LogP contribution in [0.25, 0.3) is 0 Å². The summed E-state index contributed by atoms with van der Waals surface area (Å²) >= 11 is 0. The molecule has 0 bridgehead atoms. The number of carbonyl (C=O) groups is 2. The van der Waals surface area contributed by atoms with Gasteiger partial charge in [0, 0.05) is 19.5 Å². The Kier molecular flexibility index (Phi) is 4.74. The van der Waals surface area contributed by atoms with Crippen LogP contribution in [0.4, 0.5) is 0 Å². The smallest absolute Gasteiger partial charge is 0.244 e. The fraction of sp³-hybridized carbons (Fsp3) is 0.467. The Morgan fingerprint density at radius 2 is 1.80 bits per heavy atom. The summed E-state index contributed by atoms with van der Waals surface area (Å²) in [6.45, 7) is 1.30. The molecule has 1 aromatic carbocycles. The Bertz CT molecular complexity index is 467. The molecule has 0 aliphatic carbocycles. The largest absolute Gasteiger partial charge is 0.370 e. The van der Waals surface area contributed by atoms with Crippen LogP contribution in [0.3, 0.4) is 0 Å². The van der Waals surface area contributed by atoms with Crippen molar-refractivity contribution < 1.29 is 9.59 Å². The molecule has 1 fully saturated rings. The predicted molar refractivity (Wildman–Crippen MR) is 76.5 cm³/mol. The summed E-state index contributed by atoms with van der Waals surface area (Å²) in [6, 6.07) is 8.77. The second kappa shape index (κ2) is 6.52. The molecule has 0 radical (unpaired) electrons. The highest BCUT2D eigenvalue weighted by Gasteiger charge is 2.27. The molecule has 2 rings (SSSR count). The molecule has 20 heavy (non-hydrogen) atoms. The molecule has 1 heterocycles. The Labute approximate surface area is 118 Å². The number of nitrogens with zero attached hydrogens (tertiary/aromatic N) is 1. The molecule has 2 amide bonds. The van der Waals surface area contributed by atoms with E-state index in [1.165, 1.54) is 0 Å². The molecule has 0 spiro atoms. The highest BCUT2D eigenvalue weighted by Crippen LogP contribution is 2.22. The number of hydrogen-bond donors (Lipinski definition) is 2. The maximum atomic E-state index is 12.3. The number of piperidine rings is 1. The van der Waals surface area contributed by atoms with Gasteiger partial charge in [-0.05, 0) is 24.3 Å². The van der Waals surface area contributed by atoms with E-state index in [0.29, 0.717) is 25.4 Å². The van der Waals surface area contributed by atoms with Crippen molar-refractivity contribution in [1.82, 2.24) is 4.90 Å². The number of benzene rings is 1. The maximum Gasteiger partial charge on any atom is 0.244 e. The van der Waals surface area contributed by atoms with Gasteiger partial charge in [0.25, 0.3) is 0 Å². The van der Waals surface area contributed by atoms with Gasteiger partial charge < -0.3 is 16.4 Å². The molecule has 1 aromatic rings. The Hall–Kier alpha value is -1.88. The number of carbonyl (C=O) groups excluding carboxylic acids is 2.